The van der Waals surface area contributed by atoms with Gasteiger partial charge in [0.25, 0.3) is 0 Å². The molecule has 4 rings (SSSR count). The molecule has 0 fully saturated rings. The van der Waals surface area contributed by atoms with Gasteiger partial charge < -0.3 is 4.90 Å². The lowest BCUT2D eigenvalue weighted by Gasteiger charge is -2.48. The zero-order valence-electron chi connectivity index (χ0n) is 17.8. The smallest absolute Gasteiger partial charge is 0.0495 e. The molecule has 1 nitrogen and oxygen atoms in total. The zero-order chi connectivity index (χ0) is 19.3. The van der Waals surface area contributed by atoms with E-state index in [4.69, 9.17) is 0 Å². The Bertz CT molecular complexity index is 708. The van der Waals surface area contributed by atoms with Crippen LogP contribution >= 0.6 is 11.8 Å². The SMILES string of the molecule is CC/C=C\C[C@H](CC)C1=CC2=C(CC1)N(C1=CCCCC1)[C@@H]1CC=CCC1S2. The van der Waals surface area contributed by atoms with Gasteiger partial charge in [-0.25, -0.2) is 0 Å². The largest absolute Gasteiger partial charge is 0.343 e. The van der Waals surface area contributed by atoms with Crippen molar-refractivity contribution in [2.45, 2.75) is 95.8 Å². The number of fused-ring (bicyclic) bond motifs is 1. The first-order valence-electron chi connectivity index (χ1n) is 11.7. The molecule has 1 unspecified atom stereocenters. The molecule has 28 heavy (non-hydrogen) atoms. The second-order valence-corrected chi connectivity index (χ2v) is 10.0. The molecule has 0 radical (unpaired) electrons. The Morgan fingerprint density at radius 2 is 2.00 bits per heavy atom. The van der Waals surface area contributed by atoms with Crippen LogP contribution in [0.5, 0.6) is 0 Å². The molecular formula is C26H37NS. The highest BCUT2D eigenvalue weighted by atomic mass is 32.2. The molecule has 2 heteroatoms. The molecule has 0 aromatic carbocycles. The van der Waals surface area contributed by atoms with Crippen LogP contribution in [0, 0.1) is 5.92 Å². The van der Waals surface area contributed by atoms with E-state index in [1.165, 1.54) is 64.2 Å². The first-order chi connectivity index (χ1) is 13.8. The fourth-order valence-electron chi connectivity index (χ4n) is 5.34. The Labute approximate surface area is 176 Å². The summed E-state index contributed by atoms with van der Waals surface area (Å²) in [6.07, 6.45) is 28.7. The van der Waals surface area contributed by atoms with E-state index in [0.29, 0.717) is 6.04 Å². The van der Waals surface area contributed by atoms with Gasteiger partial charge >= 0.3 is 0 Å². The molecule has 0 saturated heterocycles. The summed E-state index contributed by atoms with van der Waals surface area (Å²) >= 11 is 2.19. The van der Waals surface area contributed by atoms with Gasteiger partial charge in [0.2, 0.25) is 0 Å². The van der Waals surface area contributed by atoms with Crippen molar-refractivity contribution in [3.8, 4) is 0 Å². The summed E-state index contributed by atoms with van der Waals surface area (Å²) < 4.78 is 0. The van der Waals surface area contributed by atoms with E-state index in [2.05, 4.69) is 67.0 Å². The van der Waals surface area contributed by atoms with Gasteiger partial charge in [-0.15, -0.1) is 11.8 Å². The summed E-state index contributed by atoms with van der Waals surface area (Å²) in [5, 5.41) is 0.724. The maximum Gasteiger partial charge on any atom is 0.0495 e. The lowest BCUT2D eigenvalue weighted by molar-refractivity contribution is 0.268. The highest BCUT2D eigenvalue weighted by molar-refractivity contribution is 8.04. The summed E-state index contributed by atoms with van der Waals surface area (Å²) in [4.78, 5) is 4.42. The summed E-state index contributed by atoms with van der Waals surface area (Å²) in [5.41, 5.74) is 4.99. The number of thioether (sulfide) groups is 1. The van der Waals surface area contributed by atoms with E-state index in [0.717, 1.165) is 17.6 Å². The van der Waals surface area contributed by atoms with Crippen molar-refractivity contribution in [3.05, 3.63) is 58.3 Å². The van der Waals surface area contributed by atoms with Crippen molar-refractivity contribution in [2.75, 3.05) is 0 Å². The molecule has 0 amide bonds. The van der Waals surface area contributed by atoms with Crippen LogP contribution in [0.15, 0.2) is 58.3 Å². The molecule has 0 N–H and O–H groups in total. The van der Waals surface area contributed by atoms with Crippen LogP contribution in [0.25, 0.3) is 0 Å². The summed E-state index contributed by atoms with van der Waals surface area (Å²) in [6, 6.07) is 0.683. The predicted octanol–water partition coefficient (Wildman–Crippen LogP) is 7.89. The van der Waals surface area contributed by atoms with Crippen LogP contribution in [-0.2, 0) is 0 Å². The number of hydrogen-bond acceptors (Lipinski definition) is 2. The van der Waals surface area contributed by atoms with E-state index in [9.17, 15) is 0 Å². The average Bonchev–Trinajstić information content (AvgIpc) is 2.75. The number of rotatable bonds is 6. The van der Waals surface area contributed by atoms with Crippen LogP contribution in [-0.4, -0.2) is 16.2 Å². The average molecular weight is 396 g/mol. The van der Waals surface area contributed by atoms with Crippen molar-refractivity contribution >= 4 is 11.8 Å². The minimum atomic E-state index is 0.683. The molecule has 4 aliphatic rings. The maximum absolute atomic E-state index is 2.82. The second kappa shape index (κ2) is 9.57. The van der Waals surface area contributed by atoms with Crippen molar-refractivity contribution in [1.82, 2.24) is 4.90 Å². The minimum Gasteiger partial charge on any atom is -0.343 e. The molecule has 152 valence electrons. The molecule has 0 aromatic rings. The van der Waals surface area contributed by atoms with Gasteiger partial charge in [0.1, 0.15) is 0 Å². The molecule has 0 spiro atoms. The van der Waals surface area contributed by atoms with Crippen molar-refractivity contribution in [3.63, 3.8) is 0 Å². The van der Waals surface area contributed by atoms with Crippen molar-refractivity contribution in [2.24, 2.45) is 5.92 Å². The second-order valence-electron chi connectivity index (χ2n) is 8.73. The topological polar surface area (TPSA) is 3.24 Å². The van der Waals surface area contributed by atoms with E-state index < -0.39 is 0 Å². The van der Waals surface area contributed by atoms with E-state index >= 15 is 0 Å². The Hall–Kier alpha value is -1.15. The quantitative estimate of drug-likeness (QED) is 0.420. The Kier molecular flexibility index (Phi) is 6.88. The first-order valence-corrected chi connectivity index (χ1v) is 12.6. The van der Waals surface area contributed by atoms with Crippen molar-refractivity contribution < 1.29 is 0 Å². The van der Waals surface area contributed by atoms with Crippen LogP contribution in [0.3, 0.4) is 0 Å². The molecule has 3 aliphatic carbocycles. The van der Waals surface area contributed by atoms with Crippen LogP contribution in [0.1, 0.15) is 84.5 Å². The summed E-state index contributed by atoms with van der Waals surface area (Å²) in [6.45, 7) is 4.60. The minimum absolute atomic E-state index is 0.683. The molecule has 0 saturated carbocycles. The van der Waals surface area contributed by atoms with Crippen molar-refractivity contribution in [1.29, 1.82) is 0 Å². The van der Waals surface area contributed by atoms with Gasteiger partial charge in [0.15, 0.2) is 0 Å². The predicted molar refractivity (Wildman–Crippen MR) is 124 cm³/mol. The van der Waals surface area contributed by atoms with Gasteiger partial charge in [-0.3, -0.25) is 0 Å². The molecule has 1 aliphatic heterocycles. The highest BCUT2D eigenvalue weighted by Crippen LogP contribution is 2.49. The molecule has 3 atom stereocenters. The summed E-state index contributed by atoms with van der Waals surface area (Å²) in [5.74, 6) is 0.726. The fourth-order valence-corrected chi connectivity index (χ4v) is 6.82. The molecule has 0 aromatic heterocycles. The van der Waals surface area contributed by atoms with Gasteiger partial charge in [0, 0.05) is 27.6 Å². The van der Waals surface area contributed by atoms with Gasteiger partial charge in [-0.1, -0.05) is 49.8 Å². The van der Waals surface area contributed by atoms with Gasteiger partial charge in [-0.2, -0.15) is 0 Å². The first kappa shape index (κ1) is 20.1. The van der Waals surface area contributed by atoms with E-state index in [1.54, 1.807) is 21.9 Å². The molecule has 1 heterocycles. The third kappa shape index (κ3) is 4.22. The molecular weight excluding hydrogens is 358 g/mol. The van der Waals surface area contributed by atoms with Crippen LogP contribution in [0.2, 0.25) is 0 Å². The van der Waals surface area contributed by atoms with Gasteiger partial charge in [-0.05, 0) is 82.6 Å². The monoisotopic (exact) mass is 395 g/mol. The third-order valence-electron chi connectivity index (χ3n) is 6.91. The highest BCUT2D eigenvalue weighted by Gasteiger charge is 2.39. The van der Waals surface area contributed by atoms with Crippen LogP contribution < -0.4 is 0 Å². The lowest BCUT2D eigenvalue weighted by atomic mass is 9.85. The van der Waals surface area contributed by atoms with Gasteiger partial charge in [0.05, 0.1) is 0 Å². The number of hydrogen-bond donors (Lipinski definition) is 0. The number of allylic oxidation sites excluding steroid dienone is 8. The summed E-state index contributed by atoms with van der Waals surface area (Å²) in [7, 11) is 0. The number of nitrogens with zero attached hydrogens (tertiary/aromatic N) is 1. The molecule has 0 bridgehead atoms. The third-order valence-corrected chi connectivity index (χ3v) is 8.33. The van der Waals surface area contributed by atoms with E-state index in [1.807, 2.05) is 0 Å². The normalized spacial score (nSPS) is 28.7. The Balaban J connectivity index is 1.64. The van der Waals surface area contributed by atoms with E-state index in [-0.39, 0.29) is 0 Å². The fraction of sp³-hybridized carbons (Fsp3) is 0.615. The Morgan fingerprint density at radius 1 is 1.11 bits per heavy atom. The Morgan fingerprint density at radius 3 is 2.79 bits per heavy atom. The maximum atomic E-state index is 2.82. The lowest BCUT2D eigenvalue weighted by Crippen LogP contribution is -2.45. The zero-order valence-corrected chi connectivity index (χ0v) is 18.6. The standard InChI is InChI=1S/C26H37NS/c1-3-5-7-12-20(4-2)21-17-18-24-26(19-21)28-25-16-11-10-15-23(25)27(24)22-13-8-6-9-14-22/h5,7,10-11,13,19-20,23,25H,3-4,6,8-9,12,14-18H2,1-2H3/b7-5-/t20-,23+,25?/m0/s1. The van der Waals surface area contributed by atoms with Crippen LogP contribution in [0.4, 0.5) is 0 Å².